The third-order valence-electron chi connectivity index (χ3n) is 4.10. The quantitative estimate of drug-likeness (QED) is 0.868. The van der Waals surface area contributed by atoms with Crippen molar-refractivity contribution in [3.8, 4) is 0 Å². The van der Waals surface area contributed by atoms with E-state index in [4.69, 9.17) is 4.74 Å². The molecule has 2 aromatic carbocycles. The summed E-state index contributed by atoms with van der Waals surface area (Å²) in [6.07, 6.45) is -0.381. The molecule has 23 heavy (non-hydrogen) atoms. The van der Waals surface area contributed by atoms with Gasteiger partial charge in [0.05, 0.1) is 0 Å². The lowest BCUT2D eigenvalue weighted by atomic mass is 10.0. The van der Waals surface area contributed by atoms with Crippen LogP contribution in [0.25, 0.3) is 0 Å². The van der Waals surface area contributed by atoms with Gasteiger partial charge in [0.25, 0.3) is 0 Å². The molecule has 0 unspecified atom stereocenters. The van der Waals surface area contributed by atoms with E-state index in [9.17, 15) is 4.79 Å². The number of carbonyl (C=O) groups is 1. The number of rotatable bonds is 4. The fraction of sp³-hybridized carbons (Fsp3) is 0.316. The Hall–Kier alpha value is -1.78. The SMILES string of the molecule is CC1(C)SCN[C@H]1C(=O)OC(c1ccccc1)c1ccccc1. The van der Waals surface area contributed by atoms with Gasteiger partial charge in [-0.2, -0.15) is 0 Å². The minimum atomic E-state index is -0.381. The topological polar surface area (TPSA) is 38.3 Å². The maximum atomic E-state index is 12.7. The molecule has 1 N–H and O–H groups in total. The highest BCUT2D eigenvalue weighted by atomic mass is 32.2. The summed E-state index contributed by atoms with van der Waals surface area (Å²) in [5.41, 5.74) is 1.96. The lowest BCUT2D eigenvalue weighted by molar-refractivity contribution is -0.150. The van der Waals surface area contributed by atoms with Crippen LogP contribution in [0.5, 0.6) is 0 Å². The van der Waals surface area contributed by atoms with Crippen LogP contribution in [-0.4, -0.2) is 22.6 Å². The third-order valence-corrected chi connectivity index (χ3v) is 5.39. The van der Waals surface area contributed by atoms with E-state index in [0.717, 1.165) is 17.0 Å². The van der Waals surface area contributed by atoms with Crippen LogP contribution in [0.15, 0.2) is 60.7 Å². The van der Waals surface area contributed by atoms with Crippen LogP contribution >= 0.6 is 11.8 Å². The second-order valence-electron chi connectivity index (χ2n) is 6.17. The van der Waals surface area contributed by atoms with E-state index in [-0.39, 0.29) is 22.9 Å². The van der Waals surface area contributed by atoms with E-state index < -0.39 is 0 Å². The average Bonchev–Trinajstić information content (AvgIpc) is 2.93. The highest BCUT2D eigenvalue weighted by Gasteiger charge is 2.42. The zero-order valence-electron chi connectivity index (χ0n) is 13.4. The van der Waals surface area contributed by atoms with E-state index in [1.807, 2.05) is 60.7 Å². The lowest BCUT2D eigenvalue weighted by Gasteiger charge is -2.26. The molecule has 1 saturated heterocycles. The molecular weight excluding hydrogens is 306 g/mol. The molecule has 0 amide bonds. The van der Waals surface area contributed by atoms with Crippen molar-refractivity contribution in [3.63, 3.8) is 0 Å². The molecule has 3 rings (SSSR count). The van der Waals surface area contributed by atoms with Crippen LogP contribution in [0.4, 0.5) is 0 Å². The van der Waals surface area contributed by atoms with Crippen LogP contribution in [0.2, 0.25) is 0 Å². The fourth-order valence-electron chi connectivity index (χ4n) is 2.78. The average molecular weight is 327 g/mol. The summed E-state index contributed by atoms with van der Waals surface area (Å²) in [5.74, 6) is 0.575. The zero-order chi connectivity index (χ0) is 16.3. The molecule has 0 bridgehead atoms. The van der Waals surface area contributed by atoms with Crippen LogP contribution in [0.3, 0.4) is 0 Å². The van der Waals surface area contributed by atoms with E-state index in [2.05, 4.69) is 19.2 Å². The Morgan fingerprint density at radius 3 is 2.04 bits per heavy atom. The summed E-state index contributed by atoms with van der Waals surface area (Å²) in [6, 6.07) is 19.5. The first kappa shape index (κ1) is 16.1. The molecule has 1 aliphatic heterocycles. The minimum Gasteiger partial charge on any atom is -0.451 e. The zero-order valence-corrected chi connectivity index (χ0v) is 14.2. The first-order valence-electron chi connectivity index (χ1n) is 7.76. The van der Waals surface area contributed by atoms with Gasteiger partial charge in [0.15, 0.2) is 6.10 Å². The molecule has 0 aromatic heterocycles. The van der Waals surface area contributed by atoms with Crippen LogP contribution in [0, 0.1) is 0 Å². The first-order valence-corrected chi connectivity index (χ1v) is 8.74. The number of thioether (sulfide) groups is 1. The Morgan fingerprint density at radius 1 is 1.09 bits per heavy atom. The van der Waals surface area contributed by atoms with Gasteiger partial charge >= 0.3 is 5.97 Å². The summed E-state index contributed by atoms with van der Waals surface area (Å²) in [5, 5.41) is 3.24. The van der Waals surface area contributed by atoms with Crippen molar-refractivity contribution in [1.29, 1.82) is 0 Å². The van der Waals surface area contributed by atoms with Crippen molar-refractivity contribution in [3.05, 3.63) is 71.8 Å². The van der Waals surface area contributed by atoms with Crippen molar-refractivity contribution >= 4 is 17.7 Å². The van der Waals surface area contributed by atoms with Crippen molar-refractivity contribution < 1.29 is 9.53 Å². The highest BCUT2D eigenvalue weighted by molar-refractivity contribution is 8.00. The molecule has 2 aromatic rings. The normalized spacial score (nSPS) is 19.7. The number of carbonyl (C=O) groups excluding carboxylic acids is 1. The maximum absolute atomic E-state index is 12.7. The molecule has 1 heterocycles. The van der Waals surface area contributed by atoms with Crippen LogP contribution < -0.4 is 5.32 Å². The molecule has 120 valence electrons. The molecule has 4 heteroatoms. The molecule has 0 radical (unpaired) electrons. The van der Waals surface area contributed by atoms with Gasteiger partial charge in [-0.15, -0.1) is 11.8 Å². The van der Waals surface area contributed by atoms with E-state index in [1.54, 1.807) is 11.8 Å². The number of ether oxygens (including phenoxy) is 1. The van der Waals surface area contributed by atoms with Gasteiger partial charge in [-0.25, -0.2) is 0 Å². The van der Waals surface area contributed by atoms with Crippen molar-refractivity contribution in [2.45, 2.75) is 30.7 Å². The Kier molecular flexibility index (Phi) is 4.74. The molecule has 1 aliphatic rings. The molecule has 1 fully saturated rings. The van der Waals surface area contributed by atoms with Gasteiger partial charge in [-0.3, -0.25) is 10.1 Å². The van der Waals surface area contributed by atoms with Crippen LogP contribution in [-0.2, 0) is 9.53 Å². The number of esters is 1. The Bertz CT molecular complexity index is 618. The largest absolute Gasteiger partial charge is 0.451 e. The first-order chi connectivity index (χ1) is 11.1. The summed E-state index contributed by atoms with van der Waals surface area (Å²) in [6.45, 7) is 4.15. The van der Waals surface area contributed by atoms with Gasteiger partial charge < -0.3 is 4.74 Å². The summed E-state index contributed by atoms with van der Waals surface area (Å²) in [4.78, 5) is 12.7. The fourth-order valence-corrected chi connectivity index (χ4v) is 3.74. The molecule has 0 spiro atoms. The third kappa shape index (κ3) is 3.59. The van der Waals surface area contributed by atoms with E-state index >= 15 is 0 Å². The Morgan fingerprint density at radius 2 is 1.61 bits per heavy atom. The standard InChI is InChI=1S/C19H21NO2S/c1-19(2)17(20-13-23-19)18(21)22-16(14-9-5-3-6-10-14)15-11-7-4-8-12-15/h3-12,16-17,20H,13H2,1-2H3/t17-/m0/s1. The molecular formula is C19H21NO2S. The number of nitrogens with one attached hydrogen (secondary N) is 1. The van der Waals surface area contributed by atoms with E-state index in [0.29, 0.717) is 0 Å². The van der Waals surface area contributed by atoms with Gasteiger partial charge in [0.2, 0.25) is 0 Å². The monoisotopic (exact) mass is 327 g/mol. The molecule has 3 nitrogen and oxygen atoms in total. The molecule has 0 saturated carbocycles. The lowest BCUT2D eigenvalue weighted by Crippen LogP contribution is -2.45. The van der Waals surface area contributed by atoms with Crippen molar-refractivity contribution in [1.82, 2.24) is 5.32 Å². The van der Waals surface area contributed by atoms with Gasteiger partial charge in [0.1, 0.15) is 6.04 Å². The second-order valence-corrected chi connectivity index (χ2v) is 7.80. The maximum Gasteiger partial charge on any atom is 0.325 e. The Labute approximate surface area is 141 Å². The van der Waals surface area contributed by atoms with Gasteiger partial charge in [-0.1, -0.05) is 60.7 Å². The Balaban J connectivity index is 1.86. The number of benzene rings is 2. The molecule has 0 aliphatic carbocycles. The van der Waals surface area contributed by atoms with Crippen molar-refractivity contribution in [2.75, 3.05) is 5.88 Å². The molecule has 1 atom stereocenters. The number of hydrogen-bond acceptors (Lipinski definition) is 4. The van der Waals surface area contributed by atoms with Crippen LogP contribution in [0.1, 0.15) is 31.1 Å². The van der Waals surface area contributed by atoms with E-state index in [1.165, 1.54) is 0 Å². The summed E-state index contributed by atoms with van der Waals surface area (Å²) in [7, 11) is 0. The van der Waals surface area contributed by atoms with Gasteiger partial charge in [0, 0.05) is 10.6 Å². The second kappa shape index (κ2) is 6.77. The minimum absolute atomic E-state index is 0.158. The predicted molar refractivity (Wildman–Crippen MR) is 94.3 cm³/mol. The highest BCUT2D eigenvalue weighted by Crippen LogP contribution is 2.35. The predicted octanol–water partition coefficient (Wildman–Crippen LogP) is 3.76. The summed E-state index contributed by atoms with van der Waals surface area (Å²) >= 11 is 1.74. The smallest absolute Gasteiger partial charge is 0.325 e. The van der Waals surface area contributed by atoms with Crippen molar-refractivity contribution in [2.24, 2.45) is 0 Å². The number of hydrogen-bond donors (Lipinski definition) is 1. The summed E-state index contributed by atoms with van der Waals surface area (Å²) < 4.78 is 5.77. The van der Waals surface area contributed by atoms with Gasteiger partial charge in [-0.05, 0) is 25.0 Å².